The predicted octanol–water partition coefficient (Wildman–Crippen LogP) is 1.67. The molecule has 6 heteroatoms. The Morgan fingerprint density at radius 3 is 2.86 bits per heavy atom. The van der Waals surface area contributed by atoms with Crippen molar-refractivity contribution in [3.8, 4) is 0 Å². The van der Waals surface area contributed by atoms with Crippen LogP contribution in [0.25, 0.3) is 0 Å². The van der Waals surface area contributed by atoms with E-state index in [2.05, 4.69) is 20.9 Å². The molecule has 2 rings (SSSR count). The molecule has 0 radical (unpaired) electrons. The molecule has 0 saturated heterocycles. The highest BCUT2D eigenvalue weighted by atomic mass is 16.1. The Morgan fingerprint density at radius 2 is 2.19 bits per heavy atom. The molecule has 0 aliphatic carbocycles. The van der Waals surface area contributed by atoms with E-state index in [0.29, 0.717) is 17.8 Å². The Balaban J connectivity index is 1.86. The van der Waals surface area contributed by atoms with Crippen LogP contribution < -0.4 is 16.6 Å². The number of nitrogens with one attached hydrogen (secondary N) is 3. The average molecular weight is 287 g/mol. The largest absolute Gasteiger partial charge is 0.352 e. The molecule has 0 saturated carbocycles. The second kappa shape index (κ2) is 6.90. The molecule has 112 valence electrons. The highest BCUT2D eigenvalue weighted by molar-refractivity contribution is 5.99. The third kappa shape index (κ3) is 3.82. The minimum atomic E-state index is -0.119. The van der Waals surface area contributed by atoms with Gasteiger partial charge in [0.15, 0.2) is 0 Å². The van der Waals surface area contributed by atoms with Crippen LogP contribution in [0.15, 0.2) is 24.4 Å². The van der Waals surface area contributed by atoms with Gasteiger partial charge in [-0.1, -0.05) is 6.07 Å². The first-order chi connectivity index (χ1) is 10.1. The smallest absolute Gasteiger partial charge is 0.253 e. The molecule has 0 unspecified atom stereocenters. The van der Waals surface area contributed by atoms with Crippen LogP contribution in [0.4, 0.5) is 5.69 Å². The van der Waals surface area contributed by atoms with E-state index in [1.807, 2.05) is 32.2 Å². The van der Waals surface area contributed by atoms with Gasteiger partial charge >= 0.3 is 0 Å². The number of aromatic nitrogens is 2. The predicted molar refractivity (Wildman–Crippen MR) is 83.0 cm³/mol. The average Bonchev–Trinajstić information content (AvgIpc) is 2.88. The van der Waals surface area contributed by atoms with E-state index in [1.54, 1.807) is 6.07 Å². The van der Waals surface area contributed by atoms with Gasteiger partial charge in [-0.3, -0.25) is 15.7 Å². The van der Waals surface area contributed by atoms with Crippen LogP contribution in [-0.4, -0.2) is 22.6 Å². The van der Waals surface area contributed by atoms with E-state index in [4.69, 9.17) is 5.84 Å². The summed E-state index contributed by atoms with van der Waals surface area (Å²) >= 11 is 0. The minimum Gasteiger partial charge on any atom is -0.352 e. The number of anilines is 1. The number of carbonyl (C=O) groups is 1. The first kappa shape index (κ1) is 15.1. The van der Waals surface area contributed by atoms with Crippen molar-refractivity contribution in [2.75, 3.05) is 12.0 Å². The Labute approximate surface area is 124 Å². The van der Waals surface area contributed by atoms with Crippen LogP contribution in [0.5, 0.6) is 0 Å². The van der Waals surface area contributed by atoms with Crippen molar-refractivity contribution in [2.24, 2.45) is 5.84 Å². The van der Waals surface area contributed by atoms with Crippen LogP contribution in [0.1, 0.15) is 33.6 Å². The summed E-state index contributed by atoms with van der Waals surface area (Å²) in [5.74, 6) is 5.33. The first-order valence-corrected chi connectivity index (χ1v) is 6.96. The van der Waals surface area contributed by atoms with Gasteiger partial charge in [0.25, 0.3) is 5.91 Å². The zero-order chi connectivity index (χ0) is 15.2. The molecule has 2 aromatic rings. The molecule has 0 aliphatic rings. The van der Waals surface area contributed by atoms with E-state index < -0.39 is 0 Å². The number of aromatic amines is 1. The summed E-state index contributed by atoms with van der Waals surface area (Å²) in [4.78, 5) is 12.1. The molecule has 1 amide bonds. The molecule has 6 nitrogen and oxygen atoms in total. The molecule has 1 aromatic heterocycles. The molecule has 21 heavy (non-hydrogen) atoms. The summed E-state index contributed by atoms with van der Waals surface area (Å²) in [5.41, 5.74) is 7.07. The fraction of sp³-hybridized carbons (Fsp3) is 0.333. The highest BCUT2D eigenvalue weighted by Gasteiger charge is 2.10. The molecule has 0 bridgehead atoms. The lowest BCUT2D eigenvalue weighted by Crippen LogP contribution is -2.26. The van der Waals surface area contributed by atoms with Gasteiger partial charge in [-0.05, 0) is 49.9 Å². The zero-order valence-corrected chi connectivity index (χ0v) is 12.4. The summed E-state index contributed by atoms with van der Waals surface area (Å²) in [6.07, 6.45) is 3.58. The maximum atomic E-state index is 12.1. The molecule has 1 aromatic carbocycles. The van der Waals surface area contributed by atoms with Crippen LogP contribution in [-0.2, 0) is 6.42 Å². The lowest BCUT2D eigenvalue weighted by atomic mass is 10.1. The summed E-state index contributed by atoms with van der Waals surface area (Å²) < 4.78 is 0. The van der Waals surface area contributed by atoms with Crippen molar-refractivity contribution in [1.29, 1.82) is 0 Å². The topological polar surface area (TPSA) is 95.8 Å². The van der Waals surface area contributed by atoms with Gasteiger partial charge < -0.3 is 10.7 Å². The second-order valence-electron chi connectivity index (χ2n) is 5.07. The maximum Gasteiger partial charge on any atom is 0.253 e. The van der Waals surface area contributed by atoms with Crippen LogP contribution in [0, 0.1) is 13.8 Å². The van der Waals surface area contributed by atoms with E-state index in [0.717, 1.165) is 24.1 Å². The molecule has 0 spiro atoms. The third-order valence-corrected chi connectivity index (χ3v) is 3.42. The standard InChI is InChI=1S/C15H21N5O/c1-10-5-6-13(14(8-10)19-16)15(21)17-7-3-4-12-9-18-20-11(12)2/h5-6,8-9,19H,3-4,7,16H2,1-2H3,(H,17,21)(H,18,20). The lowest BCUT2D eigenvalue weighted by Gasteiger charge is -2.10. The molecule has 5 N–H and O–H groups in total. The number of hydrogen-bond acceptors (Lipinski definition) is 4. The van der Waals surface area contributed by atoms with Gasteiger partial charge in [0, 0.05) is 12.2 Å². The van der Waals surface area contributed by atoms with Crippen molar-refractivity contribution in [3.63, 3.8) is 0 Å². The fourth-order valence-corrected chi connectivity index (χ4v) is 2.18. The van der Waals surface area contributed by atoms with Crippen molar-refractivity contribution in [3.05, 3.63) is 46.8 Å². The molecular weight excluding hydrogens is 266 g/mol. The first-order valence-electron chi connectivity index (χ1n) is 6.96. The number of hydrogen-bond donors (Lipinski definition) is 4. The van der Waals surface area contributed by atoms with Gasteiger partial charge in [0.05, 0.1) is 17.4 Å². The number of hydrazine groups is 1. The van der Waals surface area contributed by atoms with Gasteiger partial charge in [-0.2, -0.15) is 5.10 Å². The van der Waals surface area contributed by atoms with Gasteiger partial charge in [-0.15, -0.1) is 0 Å². The summed E-state index contributed by atoms with van der Waals surface area (Å²) in [5, 5.41) is 9.79. The summed E-state index contributed by atoms with van der Waals surface area (Å²) in [6.45, 7) is 4.56. The Kier molecular flexibility index (Phi) is 4.94. The summed E-state index contributed by atoms with van der Waals surface area (Å²) in [7, 11) is 0. The third-order valence-electron chi connectivity index (χ3n) is 3.42. The van der Waals surface area contributed by atoms with Crippen LogP contribution >= 0.6 is 0 Å². The summed E-state index contributed by atoms with van der Waals surface area (Å²) in [6, 6.07) is 5.52. The van der Waals surface area contributed by atoms with E-state index >= 15 is 0 Å². The Morgan fingerprint density at radius 1 is 1.38 bits per heavy atom. The minimum absolute atomic E-state index is 0.119. The number of rotatable bonds is 6. The number of nitrogen functional groups attached to an aromatic ring is 1. The normalized spacial score (nSPS) is 10.4. The zero-order valence-electron chi connectivity index (χ0n) is 12.4. The number of nitrogens with two attached hydrogens (primary N) is 1. The van der Waals surface area contributed by atoms with Crippen LogP contribution in [0.3, 0.4) is 0 Å². The molecule has 1 heterocycles. The van der Waals surface area contributed by atoms with E-state index in [-0.39, 0.29) is 5.91 Å². The van der Waals surface area contributed by atoms with E-state index in [1.165, 1.54) is 5.56 Å². The quantitative estimate of drug-likeness (QED) is 0.369. The number of carbonyl (C=O) groups excluding carboxylic acids is 1. The van der Waals surface area contributed by atoms with Gasteiger partial charge in [0.2, 0.25) is 0 Å². The molecule has 0 aliphatic heterocycles. The number of amides is 1. The number of H-pyrrole nitrogens is 1. The monoisotopic (exact) mass is 287 g/mol. The second-order valence-corrected chi connectivity index (χ2v) is 5.07. The molecular formula is C15H21N5O. The van der Waals surface area contributed by atoms with Gasteiger partial charge in [-0.25, -0.2) is 0 Å². The Bertz CT molecular complexity index is 620. The number of aryl methyl sites for hydroxylation is 3. The Hall–Kier alpha value is -2.34. The van der Waals surface area contributed by atoms with Crippen LogP contribution in [0.2, 0.25) is 0 Å². The van der Waals surface area contributed by atoms with Crippen molar-refractivity contribution in [2.45, 2.75) is 26.7 Å². The maximum absolute atomic E-state index is 12.1. The van der Waals surface area contributed by atoms with Gasteiger partial charge in [0.1, 0.15) is 0 Å². The molecule has 0 fully saturated rings. The SMILES string of the molecule is Cc1ccc(C(=O)NCCCc2cn[nH]c2C)c(NN)c1. The number of nitrogens with zero attached hydrogens (tertiary/aromatic N) is 1. The lowest BCUT2D eigenvalue weighted by molar-refractivity contribution is 0.0954. The molecule has 0 atom stereocenters. The van der Waals surface area contributed by atoms with Crippen molar-refractivity contribution < 1.29 is 4.79 Å². The van der Waals surface area contributed by atoms with E-state index in [9.17, 15) is 4.79 Å². The fourth-order valence-electron chi connectivity index (χ4n) is 2.18. The van der Waals surface area contributed by atoms with Crippen molar-refractivity contribution in [1.82, 2.24) is 15.5 Å². The number of benzene rings is 1. The van der Waals surface area contributed by atoms with Crippen molar-refractivity contribution >= 4 is 11.6 Å². The highest BCUT2D eigenvalue weighted by Crippen LogP contribution is 2.16.